The summed E-state index contributed by atoms with van der Waals surface area (Å²) in [5.74, 6) is 0.731. The van der Waals surface area contributed by atoms with Gasteiger partial charge in [-0.05, 0) is 13.8 Å². The summed E-state index contributed by atoms with van der Waals surface area (Å²) in [5.41, 5.74) is 1.06. The van der Waals surface area contributed by atoms with Crippen LogP contribution in [0.1, 0.15) is 23.3 Å². The van der Waals surface area contributed by atoms with Gasteiger partial charge in [0.2, 0.25) is 10.0 Å². The van der Waals surface area contributed by atoms with Gasteiger partial charge in [-0.25, -0.2) is 13.4 Å². The van der Waals surface area contributed by atoms with Crippen molar-refractivity contribution >= 4 is 10.0 Å². The van der Waals surface area contributed by atoms with Gasteiger partial charge in [0.15, 0.2) is 0 Å². The Kier molecular flexibility index (Phi) is 3.79. The molecular formula is C13H20N6O2S. The van der Waals surface area contributed by atoms with Crippen LogP contribution in [-0.2, 0) is 17.1 Å². The highest BCUT2D eigenvalue weighted by Crippen LogP contribution is 2.30. The highest BCUT2D eigenvalue weighted by Gasteiger charge is 2.38. The molecule has 8 nitrogen and oxygen atoms in total. The zero-order chi connectivity index (χ0) is 15.9. The van der Waals surface area contributed by atoms with Gasteiger partial charge in [0.1, 0.15) is 10.7 Å². The van der Waals surface area contributed by atoms with Gasteiger partial charge in [-0.15, -0.1) is 0 Å². The third kappa shape index (κ3) is 2.34. The zero-order valence-electron chi connectivity index (χ0n) is 12.9. The molecular weight excluding hydrogens is 304 g/mol. The molecule has 1 fully saturated rings. The van der Waals surface area contributed by atoms with E-state index in [1.54, 1.807) is 20.0 Å². The normalized spacial score (nSPS) is 20.4. The second-order valence-electron chi connectivity index (χ2n) is 5.50. The number of aromatic nitrogens is 4. The molecule has 2 N–H and O–H groups in total. The fourth-order valence-electron chi connectivity index (χ4n) is 2.93. The van der Waals surface area contributed by atoms with Crippen LogP contribution in [0.15, 0.2) is 17.3 Å². The maximum absolute atomic E-state index is 13.1. The topological polar surface area (TPSA) is 95.9 Å². The molecule has 0 aliphatic carbocycles. The lowest BCUT2D eigenvalue weighted by Crippen LogP contribution is -2.49. The van der Waals surface area contributed by atoms with Crippen molar-refractivity contribution in [3.63, 3.8) is 0 Å². The van der Waals surface area contributed by atoms with E-state index in [0.717, 1.165) is 5.82 Å². The number of hydrogen-bond acceptors (Lipinski definition) is 5. The van der Waals surface area contributed by atoms with E-state index >= 15 is 0 Å². The summed E-state index contributed by atoms with van der Waals surface area (Å²) in [4.78, 5) is 4.59. The van der Waals surface area contributed by atoms with Crippen molar-refractivity contribution in [2.24, 2.45) is 7.05 Å². The Balaban J connectivity index is 2.06. The number of sulfonamides is 1. The molecule has 9 heteroatoms. The van der Waals surface area contributed by atoms with Gasteiger partial charge in [-0.3, -0.25) is 5.10 Å². The van der Waals surface area contributed by atoms with E-state index in [-0.39, 0.29) is 10.9 Å². The van der Waals surface area contributed by atoms with Gasteiger partial charge in [0.25, 0.3) is 0 Å². The first-order chi connectivity index (χ1) is 10.4. The molecule has 2 aromatic rings. The minimum Gasteiger partial charge on any atom is -0.337 e. The summed E-state index contributed by atoms with van der Waals surface area (Å²) in [7, 11) is -1.75. The lowest BCUT2D eigenvalue weighted by atomic mass is 10.2. The van der Waals surface area contributed by atoms with Gasteiger partial charge in [0.05, 0.1) is 17.4 Å². The SMILES string of the molecule is Cc1n[nH]c(C)c1S(=O)(=O)N1CCNCC1c1nccn1C. The number of aromatic amines is 1. The number of H-pyrrole nitrogens is 1. The minimum atomic E-state index is -3.63. The summed E-state index contributed by atoms with van der Waals surface area (Å²) in [6, 6.07) is -0.326. The Morgan fingerprint density at radius 2 is 2.14 bits per heavy atom. The van der Waals surface area contributed by atoms with Crippen molar-refractivity contribution < 1.29 is 8.42 Å². The predicted octanol–water partition coefficient (Wildman–Crippen LogP) is 0.0952. The summed E-state index contributed by atoms with van der Waals surface area (Å²) >= 11 is 0. The van der Waals surface area contributed by atoms with Crippen molar-refractivity contribution in [2.75, 3.05) is 19.6 Å². The van der Waals surface area contributed by atoms with Crippen molar-refractivity contribution in [1.82, 2.24) is 29.4 Å². The molecule has 2 aromatic heterocycles. The van der Waals surface area contributed by atoms with Crippen molar-refractivity contribution in [1.29, 1.82) is 0 Å². The summed E-state index contributed by atoms with van der Waals surface area (Å²) in [5, 5.41) is 10.0. The standard InChI is InChI=1S/C13H20N6O2S/c1-9-12(10(2)17-16-9)22(20,21)19-7-4-14-8-11(19)13-15-5-6-18(13)3/h5-6,11,14H,4,7-8H2,1-3H3,(H,16,17). The number of aryl methyl sites for hydroxylation is 3. The molecule has 0 saturated carbocycles. The zero-order valence-corrected chi connectivity index (χ0v) is 13.7. The predicted molar refractivity (Wildman–Crippen MR) is 80.8 cm³/mol. The van der Waals surface area contributed by atoms with Crippen LogP contribution in [0.4, 0.5) is 0 Å². The second-order valence-corrected chi connectivity index (χ2v) is 7.32. The van der Waals surface area contributed by atoms with E-state index in [1.807, 2.05) is 17.8 Å². The molecule has 0 radical (unpaired) electrons. The van der Waals surface area contributed by atoms with E-state index < -0.39 is 10.0 Å². The number of rotatable bonds is 3. The van der Waals surface area contributed by atoms with Gasteiger partial charge in [-0.2, -0.15) is 9.40 Å². The second kappa shape index (κ2) is 5.49. The minimum absolute atomic E-state index is 0.272. The monoisotopic (exact) mass is 324 g/mol. The first-order valence-corrected chi connectivity index (χ1v) is 8.58. The fraction of sp³-hybridized carbons (Fsp3) is 0.538. The van der Waals surface area contributed by atoms with E-state index in [9.17, 15) is 8.42 Å². The lowest BCUT2D eigenvalue weighted by Gasteiger charge is -2.34. The van der Waals surface area contributed by atoms with Crippen LogP contribution in [0.2, 0.25) is 0 Å². The smallest absolute Gasteiger partial charge is 0.247 e. The fourth-order valence-corrected chi connectivity index (χ4v) is 4.85. The van der Waals surface area contributed by atoms with Crippen LogP contribution in [0, 0.1) is 13.8 Å². The molecule has 0 aromatic carbocycles. The Labute approximate surface area is 129 Å². The molecule has 1 unspecified atom stereocenters. The van der Waals surface area contributed by atoms with Crippen LogP contribution < -0.4 is 5.32 Å². The first kappa shape index (κ1) is 15.2. The van der Waals surface area contributed by atoms with Crippen LogP contribution in [0.25, 0.3) is 0 Å². The van der Waals surface area contributed by atoms with Crippen molar-refractivity contribution in [3.05, 3.63) is 29.6 Å². The van der Waals surface area contributed by atoms with Gasteiger partial charge < -0.3 is 9.88 Å². The molecule has 3 rings (SSSR count). The largest absolute Gasteiger partial charge is 0.337 e. The average molecular weight is 324 g/mol. The number of imidazole rings is 1. The highest BCUT2D eigenvalue weighted by atomic mass is 32.2. The molecule has 1 aliphatic heterocycles. The highest BCUT2D eigenvalue weighted by molar-refractivity contribution is 7.89. The molecule has 1 aliphatic rings. The Morgan fingerprint density at radius 3 is 2.73 bits per heavy atom. The average Bonchev–Trinajstić information content (AvgIpc) is 3.05. The van der Waals surface area contributed by atoms with Crippen LogP contribution >= 0.6 is 0 Å². The van der Waals surface area contributed by atoms with E-state index in [1.165, 1.54) is 4.31 Å². The van der Waals surface area contributed by atoms with Crippen LogP contribution in [0.5, 0.6) is 0 Å². The maximum Gasteiger partial charge on any atom is 0.247 e. The van der Waals surface area contributed by atoms with Gasteiger partial charge in [0, 0.05) is 39.1 Å². The third-order valence-corrected chi connectivity index (χ3v) is 6.15. The summed E-state index contributed by atoms with van der Waals surface area (Å²) in [6.45, 7) is 5.00. The first-order valence-electron chi connectivity index (χ1n) is 7.14. The molecule has 22 heavy (non-hydrogen) atoms. The molecule has 120 valence electrons. The molecule has 3 heterocycles. The Hall–Kier alpha value is -1.71. The Morgan fingerprint density at radius 1 is 1.36 bits per heavy atom. The summed E-state index contributed by atoms with van der Waals surface area (Å²) in [6.07, 6.45) is 3.51. The number of nitrogens with zero attached hydrogens (tertiary/aromatic N) is 4. The maximum atomic E-state index is 13.1. The molecule has 1 atom stereocenters. The number of hydrogen-bond donors (Lipinski definition) is 2. The van der Waals surface area contributed by atoms with E-state index in [0.29, 0.717) is 31.0 Å². The third-order valence-electron chi connectivity index (χ3n) is 3.98. The Bertz CT molecular complexity index is 759. The molecule has 0 spiro atoms. The number of piperazine rings is 1. The lowest BCUT2D eigenvalue weighted by molar-refractivity contribution is 0.258. The van der Waals surface area contributed by atoms with Crippen molar-refractivity contribution in [2.45, 2.75) is 24.8 Å². The van der Waals surface area contributed by atoms with E-state index in [4.69, 9.17) is 0 Å². The number of nitrogens with one attached hydrogen (secondary N) is 2. The van der Waals surface area contributed by atoms with Crippen LogP contribution in [0.3, 0.4) is 0 Å². The van der Waals surface area contributed by atoms with Crippen LogP contribution in [-0.4, -0.2) is 52.1 Å². The summed E-state index contributed by atoms with van der Waals surface area (Å²) < 4.78 is 29.6. The van der Waals surface area contributed by atoms with E-state index in [2.05, 4.69) is 20.5 Å². The quantitative estimate of drug-likeness (QED) is 0.834. The molecule has 0 amide bonds. The molecule has 1 saturated heterocycles. The van der Waals surface area contributed by atoms with Crippen molar-refractivity contribution in [3.8, 4) is 0 Å². The molecule has 0 bridgehead atoms. The van der Waals surface area contributed by atoms with Gasteiger partial charge in [-0.1, -0.05) is 0 Å². The van der Waals surface area contributed by atoms with Gasteiger partial charge >= 0.3 is 0 Å².